The van der Waals surface area contributed by atoms with Crippen LogP contribution in [0.25, 0.3) is 31.4 Å². The van der Waals surface area contributed by atoms with Crippen LogP contribution < -0.4 is 9.80 Å². The zero-order valence-corrected chi connectivity index (χ0v) is 33.7. The van der Waals surface area contributed by atoms with Gasteiger partial charge in [-0.05, 0) is 91.8 Å². The van der Waals surface area contributed by atoms with E-state index in [1.165, 1.54) is 9.80 Å². The Morgan fingerprint density at radius 3 is 2.44 bits per heavy atom. The van der Waals surface area contributed by atoms with E-state index >= 15 is 9.59 Å². The number of imide groups is 2. The van der Waals surface area contributed by atoms with Crippen molar-refractivity contribution in [2.75, 3.05) is 9.80 Å². The molecule has 4 aliphatic rings. The Balaban J connectivity index is 1.11. The van der Waals surface area contributed by atoms with Crippen LogP contribution in [0.3, 0.4) is 0 Å². The van der Waals surface area contributed by atoms with Gasteiger partial charge in [-0.2, -0.15) is 5.10 Å². The second-order valence-corrected chi connectivity index (χ2v) is 17.9. The number of amides is 4. The lowest BCUT2D eigenvalue weighted by Crippen LogP contribution is -2.49. The van der Waals surface area contributed by atoms with Gasteiger partial charge in [0, 0.05) is 44.7 Å². The Labute approximate surface area is 342 Å². The maximum atomic E-state index is 15.3. The molecule has 3 fully saturated rings. The van der Waals surface area contributed by atoms with E-state index in [1.54, 1.807) is 47.3 Å². The highest BCUT2D eigenvalue weighted by molar-refractivity contribution is 7.22. The number of hydrogen-bond acceptors (Lipinski definition) is 7. The van der Waals surface area contributed by atoms with E-state index in [-0.39, 0.29) is 30.4 Å². The molecule has 2 saturated heterocycles. The van der Waals surface area contributed by atoms with Gasteiger partial charge in [0.2, 0.25) is 23.6 Å². The summed E-state index contributed by atoms with van der Waals surface area (Å²) in [6.45, 7) is 5.68. The predicted octanol–water partition coefficient (Wildman–Crippen LogP) is 9.52. The van der Waals surface area contributed by atoms with Gasteiger partial charge >= 0.3 is 0 Å². The van der Waals surface area contributed by atoms with Crippen molar-refractivity contribution < 1.29 is 24.3 Å². The molecule has 6 aromatic rings. The number of aryl methyl sites for hydroxylation is 3. The Kier molecular flexibility index (Phi) is 7.98. The number of thiophene rings is 1. The molecular formula is C45H36Cl2N4O5S. The molecule has 2 aromatic heterocycles. The number of halogens is 2. The van der Waals surface area contributed by atoms with Crippen LogP contribution in [0.1, 0.15) is 42.4 Å². The minimum absolute atomic E-state index is 0.0216. The number of phenolic OH excluding ortho intramolecular Hbond substituents is 1. The molecular weight excluding hydrogens is 779 g/mol. The van der Waals surface area contributed by atoms with E-state index in [9.17, 15) is 14.7 Å². The van der Waals surface area contributed by atoms with E-state index in [4.69, 9.17) is 28.3 Å². The van der Waals surface area contributed by atoms with E-state index in [1.807, 2.05) is 81.4 Å². The first kappa shape index (κ1) is 36.1. The number of carbonyl (C=O) groups is 4. The maximum Gasteiger partial charge on any atom is 0.242 e. The Morgan fingerprint density at radius 2 is 1.65 bits per heavy atom. The highest BCUT2D eigenvalue weighted by Crippen LogP contribution is 2.65. The monoisotopic (exact) mass is 814 g/mol. The van der Waals surface area contributed by atoms with Gasteiger partial charge in [-0.25, -0.2) is 9.80 Å². The fourth-order valence-electron chi connectivity index (χ4n) is 10.3. The topological polar surface area (TPSA) is 113 Å². The third-order valence-electron chi connectivity index (χ3n) is 13.1. The average molecular weight is 816 g/mol. The quantitative estimate of drug-likeness (QED) is 0.140. The molecule has 1 saturated carbocycles. The molecule has 0 radical (unpaired) electrons. The fraction of sp³-hybridized carbons (Fsp3) is 0.267. The fourth-order valence-corrected chi connectivity index (χ4v) is 11.8. The summed E-state index contributed by atoms with van der Waals surface area (Å²) in [4.78, 5) is 62.4. The van der Waals surface area contributed by atoms with Gasteiger partial charge in [0.25, 0.3) is 0 Å². The average Bonchev–Trinajstić information content (AvgIpc) is 3.86. The molecule has 10 rings (SSSR count). The number of benzene rings is 4. The number of hydrogen-bond donors (Lipinski definition) is 1. The van der Waals surface area contributed by atoms with Crippen LogP contribution in [0.2, 0.25) is 10.0 Å². The van der Waals surface area contributed by atoms with Crippen LogP contribution in [-0.4, -0.2) is 38.5 Å². The van der Waals surface area contributed by atoms with Gasteiger partial charge < -0.3 is 5.11 Å². The van der Waals surface area contributed by atoms with Crippen LogP contribution in [0.15, 0.2) is 90.5 Å². The number of aromatic hydroxyl groups is 1. The van der Waals surface area contributed by atoms with Gasteiger partial charge in [0.05, 0.1) is 33.7 Å². The summed E-state index contributed by atoms with van der Waals surface area (Å²) in [5.41, 5.74) is 2.79. The molecule has 1 N–H and O–H groups in total. The van der Waals surface area contributed by atoms with Crippen LogP contribution in [0, 0.1) is 42.9 Å². The maximum absolute atomic E-state index is 15.3. The van der Waals surface area contributed by atoms with Crippen molar-refractivity contribution in [1.29, 1.82) is 0 Å². The van der Waals surface area contributed by atoms with Gasteiger partial charge in [0.15, 0.2) is 0 Å². The third kappa shape index (κ3) is 4.96. The van der Waals surface area contributed by atoms with E-state index in [2.05, 4.69) is 0 Å². The summed E-state index contributed by atoms with van der Waals surface area (Å²) in [6.07, 6.45) is 2.44. The molecule has 0 bridgehead atoms. The summed E-state index contributed by atoms with van der Waals surface area (Å²) in [5, 5.41) is 20.4. The minimum Gasteiger partial charge on any atom is -0.507 e. The Morgan fingerprint density at radius 1 is 0.860 bits per heavy atom. The summed E-state index contributed by atoms with van der Waals surface area (Å²) in [6, 6.07) is 23.9. The molecule has 4 amide bonds. The lowest BCUT2D eigenvalue weighted by Gasteiger charge is -2.49. The van der Waals surface area contributed by atoms with Crippen molar-refractivity contribution in [3.8, 4) is 16.3 Å². The second kappa shape index (κ2) is 12.6. The van der Waals surface area contributed by atoms with E-state index in [0.29, 0.717) is 38.2 Å². The zero-order valence-electron chi connectivity index (χ0n) is 31.4. The number of carbonyl (C=O) groups excluding carboxylic acids is 4. The number of rotatable bonds is 4. The van der Waals surface area contributed by atoms with Gasteiger partial charge in [-0.1, -0.05) is 77.3 Å². The third-order valence-corrected chi connectivity index (χ3v) is 15.1. The summed E-state index contributed by atoms with van der Waals surface area (Å²) in [7, 11) is 1.72. The van der Waals surface area contributed by atoms with Crippen LogP contribution in [0.4, 0.5) is 11.5 Å². The molecule has 2 aliphatic carbocycles. The lowest BCUT2D eigenvalue weighted by atomic mass is 9.51. The van der Waals surface area contributed by atoms with Gasteiger partial charge in [-0.15, -0.1) is 11.3 Å². The van der Waals surface area contributed by atoms with Crippen molar-refractivity contribution in [2.24, 2.45) is 36.1 Å². The summed E-state index contributed by atoms with van der Waals surface area (Å²) in [5.74, 6) is -4.73. The summed E-state index contributed by atoms with van der Waals surface area (Å²) >= 11 is 14.4. The first-order chi connectivity index (χ1) is 27.3. The Bertz CT molecular complexity index is 2840. The van der Waals surface area contributed by atoms with Crippen molar-refractivity contribution in [3.63, 3.8) is 0 Å². The molecule has 4 aromatic carbocycles. The SMILES string of the molecule is Cc1ccc(N2C(=O)C3CC=C4C(CC5C(=O)N(c6cc(-c7sc8ccc(Cl)cc8c7C)nn6C)C(=O)C5(C)C4c4ccc5ccccc5c4O)C3C2=O)cc1Cl. The number of anilines is 2. The van der Waals surface area contributed by atoms with E-state index < -0.39 is 46.8 Å². The first-order valence-electron chi connectivity index (χ1n) is 19.0. The Hall–Kier alpha value is -5.29. The zero-order chi connectivity index (χ0) is 39.8. The van der Waals surface area contributed by atoms with Crippen LogP contribution >= 0.6 is 34.5 Å². The van der Waals surface area contributed by atoms with Gasteiger partial charge in [-0.3, -0.25) is 23.9 Å². The molecule has 12 heteroatoms. The molecule has 286 valence electrons. The predicted molar refractivity (Wildman–Crippen MR) is 223 cm³/mol. The highest BCUT2D eigenvalue weighted by Gasteiger charge is 2.68. The number of aromatic nitrogens is 2. The van der Waals surface area contributed by atoms with E-state index in [0.717, 1.165) is 37.0 Å². The normalized spacial score (nSPS) is 25.7. The number of allylic oxidation sites excluding steroid dienone is 2. The van der Waals surface area contributed by atoms with Crippen LogP contribution in [0.5, 0.6) is 5.75 Å². The minimum atomic E-state index is -1.35. The number of nitrogens with zero attached hydrogens (tertiary/aromatic N) is 4. The standard InChI is InChI=1S/C45H36Cl2N4O5S/c1-21-9-12-25(18-33(21)47)50-41(53)28-15-14-27-31(37(28)43(50)55)19-32-42(54)51(36-20-34(48-49(36)4)40-22(2)30-17-24(46)11-16-35(30)57-40)44(56)45(32,3)38(27)29-13-10-23-7-5-6-8-26(23)39(29)52/h5-14,16-18,20,28,31-32,37-38,52H,15,19H2,1-4H3. The molecule has 6 unspecified atom stereocenters. The number of phenols is 1. The number of fused-ring (bicyclic) bond motifs is 6. The highest BCUT2D eigenvalue weighted by atomic mass is 35.5. The van der Waals surface area contributed by atoms with Crippen molar-refractivity contribution in [2.45, 2.75) is 39.5 Å². The lowest BCUT2D eigenvalue weighted by molar-refractivity contribution is -0.131. The molecule has 57 heavy (non-hydrogen) atoms. The molecule has 4 heterocycles. The first-order valence-corrected chi connectivity index (χ1v) is 20.5. The van der Waals surface area contributed by atoms with Crippen molar-refractivity contribution in [3.05, 3.63) is 117 Å². The summed E-state index contributed by atoms with van der Waals surface area (Å²) < 4.78 is 2.61. The van der Waals surface area contributed by atoms with Crippen molar-refractivity contribution >= 4 is 90.5 Å². The van der Waals surface area contributed by atoms with Crippen molar-refractivity contribution in [1.82, 2.24) is 9.78 Å². The smallest absolute Gasteiger partial charge is 0.242 e. The molecule has 6 atom stereocenters. The molecule has 0 spiro atoms. The van der Waals surface area contributed by atoms with Crippen LogP contribution in [-0.2, 0) is 26.2 Å². The molecule has 9 nitrogen and oxygen atoms in total. The molecule has 2 aliphatic heterocycles. The van der Waals surface area contributed by atoms with Gasteiger partial charge in [0.1, 0.15) is 17.3 Å². The second-order valence-electron chi connectivity index (χ2n) is 16.0. The largest absolute Gasteiger partial charge is 0.507 e.